The summed E-state index contributed by atoms with van der Waals surface area (Å²) < 4.78 is 5.95. The Labute approximate surface area is 208 Å². The van der Waals surface area contributed by atoms with Crippen molar-refractivity contribution in [1.29, 1.82) is 0 Å². The maximum absolute atomic E-state index is 12.1. The third kappa shape index (κ3) is 4.67. The fraction of sp³-hybridized carbons (Fsp3) is 0.333. The maximum Gasteiger partial charge on any atom is 0.251 e. The first-order valence-corrected chi connectivity index (χ1v) is 12.4. The molecule has 1 amide bonds. The molecule has 2 saturated heterocycles. The Hall–Kier alpha value is -3.82. The number of amides is 1. The Morgan fingerprint density at radius 2 is 1.89 bits per heavy atom. The second-order valence-corrected chi connectivity index (χ2v) is 9.50. The molecule has 36 heavy (non-hydrogen) atoms. The number of hydrogen-bond donors (Lipinski definition) is 2. The molecule has 0 saturated carbocycles. The summed E-state index contributed by atoms with van der Waals surface area (Å²) in [6, 6.07) is 14.0. The van der Waals surface area contributed by atoms with E-state index in [1.54, 1.807) is 12.4 Å². The smallest absolute Gasteiger partial charge is 0.251 e. The van der Waals surface area contributed by atoms with Crippen molar-refractivity contribution in [2.24, 2.45) is 0 Å². The number of H-pyrrole nitrogens is 1. The molecule has 2 aliphatic heterocycles. The van der Waals surface area contributed by atoms with Gasteiger partial charge in [0.05, 0.1) is 11.2 Å². The molecular formula is C27H28N6O3. The van der Waals surface area contributed by atoms with Crippen molar-refractivity contribution in [3.63, 3.8) is 0 Å². The van der Waals surface area contributed by atoms with Crippen LogP contribution >= 0.6 is 0 Å². The van der Waals surface area contributed by atoms with Crippen LogP contribution in [-0.4, -0.2) is 72.8 Å². The van der Waals surface area contributed by atoms with Crippen LogP contribution in [0.15, 0.2) is 61.1 Å². The number of ether oxygens (including phenoxy) is 1. The minimum absolute atomic E-state index is 0.0996. The molecule has 6 rings (SSSR count). The molecule has 184 valence electrons. The molecular weight excluding hydrogens is 456 g/mol. The molecule has 0 radical (unpaired) electrons. The predicted molar refractivity (Wildman–Crippen MR) is 134 cm³/mol. The Morgan fingerprint density at radius 3 is 2.61 bits per heavy atom. The summed E-state index contributed by atoms with van der Waals surface area (Å²) in [7, 11) is 0. The number of hydrogen-bond acceptors (Lipinski definition) is 7. The van der Waals surface area contributed by atoms with E-state index in [0.29, 0.717) is 24.6 Å². The molecule has 2 fully saturated rings. The number of piperidine rings is 1. The lowest BCUT2D eigenvalue weighted by Crippen LogP contribution is -2.46. The van der Waals surface area contributed by atoms with Gasteiger partial charge in [0.1, 0.15) is 11.9 Å². The van der Waals surface area contributed by atoms with Crippen LogP contribution in [0.5, 0.6) is 11.6 Å². The Morgan fingerprint density at radius 1 is 1.00 bits per heavy atom. The molecule has 9 nitrogen and oxygen atoms in total. The van der Waals surface area contributed by atoms with Gasteiger partial charge in [0.25, 0.3) is 5.91 Å². The fourth-order valence-electron chi connectivity index (χ4n) is 5.13. The van der Waals surface area contributed by atoms with Crippen LogP contribution in [0.1, 0.15) is 24.8 Å². The SMILES string of the molecule is O=C1[C@@H](O)CCN1C1CCN(Cc2cnc3cc(Oc4ccc(-c5ccn[nH]5)cn4)ccc3c2)CC1. The molecule has 4 aromatic rings. The number of nitrogens with one attached hydrogen (secondary N) is 1. The maximum atomic E-state index is 12.1. The summed E-state index contributed by atoms with van der Waals surface area (Å²) in [6.45, 7) is 3.37. The highest BCUT2D eigenvalue weighted by Crippen LogP contribution is 2.27. The summed E-state index contributed by atoms with van der Waals surface area (Å²) in [5, 5.41) is 17.7. The van der Waals surface area contributed by atoms with Gasteiger partial charge < -0.3 is 14.7 Å². The molecule has 5 heterocycles. The zero-order valence-electron chi connectivity index (χ0n) is 19.9. The number of nitrogens with zero attached hydrogens (tertiary/aromatic N) is 5. The van der Waals surface area contributed by atoms with Gasteiger partial charge in [-0.2, -0.15) is 5.10 Å². The number of aliphatic hydroxyl groups excluding tert-OH is 1. The quantitative estimate of drug-likeness (QED) is 0.432. The number of rotatable bonds is 6. The number of pyridine rings is 2. The second-order valence-electron chi connectivity index (χ2n) is 9.50. The monoisotopic (exact) mass is 484 g/mol. The lowest BCUT2D eigenvalue weighted by atomic mass is 10.0. The minimum atomic E-state index is -0.804. The highest BCUT2D eigenvalue weighted by molar-refractivity contribution is 5.83. The summed E-state index contributed by atoms with van der Waals surface area (Å²) >= 11 is 0. The number of aliphatic hydroxyl groups is 1. The lowest BCUT2D eigenvalue weighted by molar-refractivity contribution is -0.137. The summed E-state index contributed by atoms with van der Waals surface area (Å²) in [5.74, 6) is 1.11. The summed E-state index contributed by atoms with van der Waals surface area (Å²) in [5.41, 5.74) is 3.89. The van der Waals surface area contributed by atoms with Crippen molar-refractivity contribution in [2.45, 2.75) is 38.0 Å². The zero-order chi connectivity index (χ0) is 24.5. The van der Waals surface area contributed by atoms with Gasteiger partial charge in [-0.15, -0.1) is 0 Å². The van der Waals surface area contributed by atoms with E-state index in [1.165, 1.54) is 5.56 Å². The highest BCUT2D eigenvalue weighted by Gasteiger charge is 2.35. The normalized spacial score (nSPS) is 19.3. The van der Waals surface area contributed by atoms with E-state index < -0.39 is 6.10 Å². The molecule has 0 unspecified atom stereocenters. The first-order valence-electron chi connectivity index (χ1n) is 12.4. The molecule has 0 aliphatic carbocycles. The van der Waals surface area contributed by atoms with E-state index in [0.717, 1.165) is 54.6 Å². The average molecular weight is 485 g/mol. The van der Waals surface area contributed by atoms with Crippen LogP contribution in [0.3, 0.4) is 0 Å². The minimum Gasteiger partial charge on any atom is -0.439 e. The van der Waals surface area contributed by atoms with Crippen molar-refractivity contribution in [2.75, 3.05) is 19.6 Å². The number of carbonyl (C=O) groups excluding carboxylic acids is 1. The van der Waals surface area contributed by atoms with Crippen LogP contribution in [-0.2, 0) is 11.3 Å². The Balaban J connectivity index is 1.07. The molecule has 0 bridgehead atoms. The largest absolute Gasteiger partial charge is 0.439 e. The van der Waals surface area contributed by atoms with Gasteiger partial charge in [-0.05, 0) is 55.2 Å². The summed E-state index contributed by atoms with van der Waals surface area (Å²) in [6.07, 6.45) is 7.03. The van der Waals surface area contributed by atoms with Gasteiger partial charge in [-0.1, -0.05) is 0 Å². The number of aromatic nitrogens is 4. The van der Waals surface area contributed by atoms with Crippen LogP contribution in [0.2, 0.25) is 0 Å². The van der Waals surface area contributed by atoms with Crippen molar-refractivity contribution < 1.29 is 14.6 Å². The van der Waals surface area contributed by atoms with E-state index in [4.69, 9.17) is 4.74 Å². The number of carbonyl (C=O) groups is 1. The first-order chi connectivity index (χ1) is 17.6. The number of likely N-dealkylation sites (tertiary alicyclic amines) is 2. The first kappa shape index (κ1) is 22.6. The van der Waals surface area contributed by atoms with Crippen LogP contribution in [0.4, 0.5) is 0 Å². The van der Waals surface area contributed by atoms with Gasteiger partial charge in [0.2, 0.25) is 5.88 Å². The predicted octanol–water partition coefficient (Wildman–Crippen LogP) is 3.37. The lowest BCUT2D eigenvalue weighted by Gasteiger charge is -2.36. The molecule has 0 spiro atoms. The van der Waals surface area contributed by atoms with E-state index >= 15 is 0 Å². The number of fused-ring (bicyclic) bond motifs is 1. The van der Waals surface area contributed by atoms with Gasteiger partial charge in [0, 0.05) is 73.9 Å². The van der Waals surface area contributed by atoms with Crippen molar-refractivity contribution in [3.8, 4) is 22.9 Å². The molecule has 1 aromatic carbocycles. The van der Waals surface area contributed by atoms with Crippen molar-refractivity contribution in [1.82, 2.24) is 30.0 Å². The molecule has 2 N–H and O–H groups in total. The van der Waals surface area contributed by atoms with E-state index in [1.807, 2.05) is 47.5 Å². The van der Waals surface area contributed by atoms with E-state index in [2.05, 4.69) is 31.1 Å². The van der Waals surface area contributed by atoms with Crippen LogP contribution in [0, 0.1) is 0 Å². The van der Waals surface area contributed by atoms with Gasteiger partial charge >= 0.3 is 0 Å². The van der Waals surface area contributed by atoms with E-state index in [-0.39, 0.29) is 11.9 Å². The molecule has 9 heteroatoms. The summed E-state index contributed by atoms with van der Waals surface area (Å²) in [4.78, 5) is 25.5. The van der Waals surface area contributed by atoms with Crippen molar-refractivity contribution >= 4 is 16.8 Å². The number of benzene rings is 1. The topological polar surface area (TPSA) is 107 Å². The Bertz CT molecular complexity index is 1350. The van der Waals surface area contributed by atoms with Crippen LogP contribution < -0.4 is 4.74 Å². The standard InChI is InChI=1S/C27H28N6O3/c34-25-8-12-33(27(25)35)21-6-10-32(11-7-21)17-18-13-19-1-3-22(14-24(19)28-15-18)36-26-4-2-20(16-29-26)23-5-9-30-31-23/h1-5,9,13-16,21,25,34H,6-8,10-12,17H2,(H,30,31)/t25-/m0/s1. The van der Waals surface area contributed by atoms with E-state index in [9.17, 15) is 9.90 Å². The van der Waals surface area contributed by atoms with Gasteiger partial charge in [-0.25, -0.2) is 4.98 Å². The zero-order valence-corrected chi connectivity index (χ0v) is 19.9. The van der Waals surface area contributed by atoms with Gasteiger partial charge in [0.15, 0.2) is 0 Å². The van der Waals surface area contributed by atoms with Crippen molar-refractivity contribution in [3.05, 3.63) is 66.6 Å². The third-order valence-corrected chi connectivity index (χ3v) is 7.10. The third-order valence-electron chi connectivity index (χ3n) is 7.10. The number of aromatic amines is 1. The average Bonchev–Trinajstić information content (AvgIpc) is 3.56. The Kier molecular flexibility index (Phi) is 6.08. The second kappa shape index (κ2) is 9.67. The molecule has 2 aliphatic rings. The molecule has 1 atom stereocenters. The highest BCUT2D eigenvalue weighted by atomic mass is 16.5. The molecule has 3 aromatic heterocycles. The van der Waals surface area contributed by atoms with Gasteiger partial charge in [-0.3, -0.25) is 19.8 Å². The fourth-order valence-corrected chi connectivity index (χ4v) is 5.13. The van der Waals surface area contributed by atoms with Crippen LogP contribution in [0.25, 0.3) is 22.2 Å².